The third kappa shape index (κ3) is 3.03. The number of hydrogen-bond acceptors (Lipinski definition) is 1. The predicted molar refractivity (Wildman–Crippen MR) is 46.8 cm³/mol. The quantitative estimate of drug-likeness (QED) is 0.735. The van der Waals surface area contributed by atoms with Crippen LogP contribution in [-0.2, 0) is 0 Å². The molecule has 70 valence electrons. The molecule has 0 amide bonds. The van der Waals surface area contributed by atoms with Crippen molar-refractivity contribution in [3.63, 3.8) is 0 Å². The zero-order valence-corrected chi connectivity index (χ0v) is 7.44. The van der Waals surface area contributed by atoms with E-state index in [-0.39, 0.29) is 17.4 Å². The minimum atomic E-state index is -0.752. The van der Waals surface area contributed by atoms with Crippen molar-refractivity contribution >= 4 is 11.6 Å². The summed E-state index contributed by atoms with van der Waals surface area (Å²) in [5.74, 6) is -1.43. The molecule has 1 aromatic carbocycles. The molecular weight excluding hydrogens is 198 g/mol. The molecule has 1 aromatic rings. The van der Waals surface area contributed by atoms with Crippen LogP contribution in [0.15, 0.2) is 29.8 Å². The first-order chi connectivity index (χ1) is 6.09. The van der Waals surface area contributed by atoms with Crippen LogP contribution < -0.4 is 4.74 Å². The molecule has 0 saturated heterocycles. The Balaban J connectivity index is 2.72. The molecule has 0 aliphatic heterocycles. The highest BCUT2D eigenvalue weighted by Crippen LogP contribution is 2.18. The summed E-state index contributed by atoms with van der Waals surface area (Å²) >= 11 is 5.40. The fraction of sp³-hybridized carbons (Fsp3) is 0.111. The largest absolute Gasteiger partial charge is 0.485 e. The van der Waals surface area contributed by atoms with Crippen molar-refractivity contribution in [3.05, 3.63) is 41.4 Å². The normalized spacial score (nSPS) is 9.77. The highest BCUT2D eigenvalue weighted by molar-refractivity contribution is 6.29. The van der Waals surface area contributed by atoms with Crippen molar-refractivity contribution in [1.29, 1.82) is 0 Å². The van der Waals surface area contributed by atoms with Gasteiger partial charge in [0.05, 0.1) is 0 Å². The van der Waals surface area contributed by atoms with Crippen LogP contribution in [0.3, 0.4) is 0 Å². The summed E-state index contributed by atoms with van der Waals surface area (Å²) in [4.78, 5) is 0. The van der Waals surface area contributed by atoms with Crippen LogP contribution in [0, 0.1) is 11.6 Å². The summed E-state index contributed by atoms with van der Waals surface area (Å²) in [5, 5.41) is 0.253. The molecule has 0 aromatic heterocycles. The van der Waals surface area contributed by atoms with Crippen LogP contribution in [0.25, 0.3) is 0 Å². The van der Waals surface area contributed by atoms with Gasteiger partial charge >= 0.3 is 0 Å². The van der Waals surface area contributed by atoms with Gasteiger partial charge in [0, 0.05) is 11.1 Å². The Labute approximate surface area is 79.6 Å². The van der Waals surface area contributed by atoms with Crippen molar-refractivity contribution < 1.29 is 13.5 Å². The van der Waals surface area contributed by atoms with Crippen LogP contribution in [0.5, 0.6) is 5.75 Å². The first-order valence-corrected chi connectivity index (χ1v) is 3.88. The number of rotatable bonds is 3. The maximum absolute atomic E-state index is 12.9. The van der Waals surface area contributed by atoms with Gasteiger partial charge in [0.1, 0.15) is 12.4 Å². The van der Waals surface area contributed by atoms with E-state index in [0.717, 1.165) is 12.1 Å². The molecule has 0 N–H and O–H groups in total. The van der Waals surface area contributed by atoms with Gasteiger partial charge in [-0.1, -0.05) is 18.2 Å². The molecule has 0 heterocycles. The number of hydrogen-bond donors (Lipinski definition) is 0. The topological polar surface area (TPSA) is 9.23 Å². The standard InChI is InChI=1S/C9H7ClF2O/c1-6(10)5-13-9-3-2-7(11)4-8(9)12/h2-4H,1,5H2. The molecule has 0 fully saturated rings. The van der Waals surface area contributed by atoms with Gasteiger partial charge in [0.15, 0.2) is 11.6 Å². The van der Waals surface area contributed by atoms with Crippen LogP contribution in [-0.4, -0.2) is 6.61 Å². The molecule has 4 heteroatoms. The van der Waals surface area contributed by atoms with Gasteiger partial charge in [-0.25, -0.2) is 8.78 Å². The highest BCUT2D eigenvalue weighted by Gasteiger charge is 2.04. The average molecular weight is 205 g/mol. The van der Waals surface area contributed by atoms with Gasteiger partial charge in [0.25, 0.3) is 0 Å². The number of benzene rings is 1. The lowest BCUT2D eigenvalue weighted by Crippen LogP contribution is -1.98. The molecule has 1 nitrogen and oxygen atoms in total. The zero-order valence-electron chi connectivity index (χ0n) is 6.69. The average Bonchev–Trinajstić information content (AvgIpc) is 2.02. The summed E-state index contributed by atoms with van der Waals surface area (Å²) in [7, 11) is 0. The van der Waals surface area contributed by atoms with Gasteiger partial charge in [-0.15, -0.1) is 0 Å². The van der Waals surface area contributed by atoms with Gasteiger partial charge in [-0.3, -0.25) is 0 Å². The Hall–Kier alpha value is -1.09. The first kappa shape index (κ1) is 9.99. The minimum absolute atomic E-state index is 0.00408. The highest BCUT2D eigenvalue weighted by atomic mass is 35.5. The fourth-order valence-corrected chi connectivity index (χ4v) is 0.803. The third-order valence-corrected chi connectivity index (χ3v) is 1.39. The van der Waals surface area contributed by atoms with Crippen LogP contribution in [0.2, 0.25) is 0 Å². The van der Waals surface area contributed by atoms with E-state index < -0.39 is 11.6 Å². The maximum atomic E-state index is 12.9. The second-order valence-corrected chi connectivity index (χ2v) is 2.92. The van der Waals surface area contributed by atoms with E-state index in [1.807, 2.05) is 0 Å². The molecule has 0 aliphatic carbocycles. The van der Waals surface area contributed by atoms with E-state index in [4.69, 9.17) is 16.3 Å². The zero-order chi connectivity index (χ0) is 9.84. The van der Waals surface area contributed by atoms with Gasteiger partial charge in [-0.05, 0) is 12.1 Å². The summed E-state index contributed by atoms with van der Waals surface area (Å²) in [5.41, 5.74) is 0. The lowest BCUT2D eigenvalue weighted by Gasteiger charge is -2.05. The molecule has 0 atom stereocenters. The molecule has 1 rings (SSSR count). The van der Waals surface area contributed by atoms with Crippen molar-refractivity contribution in [2.75, 3.05) is 6.61 Å². The van der Waals surface area contributed by atoms with Crippen molar-refractivity contribution in [2.45, 2.75) is 0 Å². The van der Waals surface area contributed by atoms with E-state index in [0.29, 0.717) is 0 Å². The lowest BCUT2D eigenvalue weighted by molar-refractivity contribution is 0.337. The van der Waals surface area contributed by atoms with E-state index in [9.17, 15) is 8.78 Å². The predicted octanol–water partition coefficient (Wildman–Crippen LogP) is 3.10. The van der Waals surface area contributed by atoms with Gasteiger partial charge in [-0.2, -0.15) is 0 Å². The maximum Gasteiger partial charge on any atom is 0.167 e. The van der Waals surface area contributed by atoms with E-state index in [1.165, 1.54) is 6.07 Å². The van der Waals surface area contributed by atoms with E-state index >= 15 is 0 Å². The molecule has 0 aliphatic rings. The Morgan fingerprint density at radius 2 is 2.15 bits per heavy atom. The Morgan fingerprint density at radius 1 is 1.46 bits per heavy atom. The third-order valence-electron chi connectivity index (χ3n) is 1.28. The molecule has 0 unspecified atom stereocenters. The van der Waals surface area contributed by atoms with Crippen molar-refractivity contribution in [1.82, 2.24) is 0 Å². The van der Waals surface area contributed by atoms with Crippen molar-refractivity contribution in [3.8, 4) is 5.75 Å². The van der Waals surface area contributed by atoms with Crippen LogP contribution in [0.4, 0.5) is 8.78 Å². The fourth-order valence-electron chi connectivity index (χ4n) is 0.748. The summed E-state index contributed by atoms with van der Waals surface area (Å²) < 4.78 is 30.2. The lowest BCUT2D eigenvalue weighted by atomic mass is 10.3. The molecule has 13 heavy (non-hydrogen) atoms. The van der Waals surface area contributed by atoms with Gasteiger partial charge < -0.3 is 4.74 Å². The number of ether oxygens (including phenoxy) is 1. The molecule has 0 spiro atoms. The smallest absolute Gasteiger partial charge is 0.167 e. The summed E-state index contributed by atoms with van der Waals surface area (Å²) in [6.45, 7) is 3.37. The summed E-state index contributed by atoms with van der Waals surface area (Å²) in [6, 6.07) is 3.05. The van der Waals surface area contributed by atoms with E-state index in [2.05, 4.69) is 6.58 Å². The Kier molecular flexibility index (Phi) is 3.25. The molecule has 0 bridgehead atoms. The molecule has 0 saturated carbocycles. The molecule has 0 radical (unpaired) electrons. The van der Waals surface area contributed by atoms with Gasteiger partial charge in [0.2, 0.25) is 0 Å². The minimum Gasteiger partial charge on any atom is -0.485 e. The second kappa shape index (κ2) is 4.23. The van der Waals surface area contributed by atoms with Crippen LogP contribution in [0.1, 0.15) is 0 Å². The molecular formula is C9H7ClF2O. The van der Waals surface area contributed by atoms with Crippen molar-refractivity contribution in [2.24, 2.45) is 0 Å². The Morgan fingerprint density at radius 3 is 2.69 bits per heavy atom. The SMILES string of the molecule is C=C(Cl)COc1ccc(F)cc1F. The second-order valence-electron chi connectivity index (χ2n) is 2.38. The number of halogens is 3. The summed E-state index contributed by atoms with van der Waals surface area (Å²) in [6.07, 6.45) is 0. The Bertz CT molecular complexity index is 325. The van der Waals surface area contributed by atoms with Crippen LogP contribution >= 0.6 is 11.6 Å². The van der Waals surface area contributed by atoms with E-state index in [1.54, 1.807) is 0 Å². The first-order valence-electron chi connectivity index (χ1n) is 3.50. The monoisotopic (exact) mass is 204 g/mol.